The van der Waals surface area contributed by atoms with E-state index in [0.29, 0.717) is 0 Å². The topological polar surface area (TPSA) is 0 Å². The lowest BCUT2D eigenvalue weighted by Crippen LogP contribution is -2.00. The summed E-state index contributed by atoms with van der Waals surface area (Å²) >= 11 is 3.70. The smallest absolute Gasteiger partial charge is 0.0419 e. The van der Waals surface area contributed by atoms with Crippen LogP contribution in [0.2, 0.25) is 0 Å². The molecule has 0 aliphatic carbocycles. The zero-order valence-electron chi connectivity index (χ0n) is 22.2. The number of unbranched alkanes of at least 4 members (excludes halogenated alkanes) is 18. The van der Waals surface area contributed by atoms with Gasteiger partial charge in [-0.25, -0.2) is 0 Å². The number of terminal acetylenes is 1. The minimum atomic E-state index is 1.10. The molecule has 1 heteroatoms. The van der Waals surface area contributed by atoms with Gasteiger partial charge in [0, 0.05) is 10.0 Å². The zero-order valence-corrected chi connectivity index (χ0v) is 23.8. The molecule has 1 rings (SSSR count). The van der Waals surface area contributed by atoms with Crippen molar-refractivity contribution in [3.8, 4) is 12.3 Å². The van der Waals surface area contributed by atoms with Crippen LogP contribution >= 0.6 is 15.9 Å². The maximum Gasteiger partial charge on any atom is 0.0419 e. The molecule has 0 N–H and O–H groups in total. The molecule has 0 aliphatic rings. The summed E-state index contributed by atoms with van der Waals surface area (Å²) in [5, 5.41) is 0. The van der Waals surface area contributed by atoms with Crippen molar-refractivity contribution in [2.45, 2.75) is 155 Å². The number of aryl methyl sites for hydroxylation is 1. The van der Waals surface area contributed by atoms with E-state index >= 15 is 0 Å². The number of hydrogen-bond donors (Lipinski definition) is 0. The summed E-state index contributed by atoms with van der Waals surface area (Å²) in [6, 6.07) is 4.49. The van der Waals surface area contributed by atoms with Gasteiger partial charge in [-0.2, -0.15) is 0 Å². The standard InChI is InChI=1S/C32H53Br/c1-4-7-9-11-13-15-17-19-21-23-25-29-27-28-32(33)30(6-3)31(29)26-24-22-20-18-16-14-12-10-8-5-2/h3,27-28H,4-5,7-26H2,1-2H3. The van der Waals surface area contributed by atoms with Crippen molar-refractivity contribution < 1.29 is 0 Å². The van der Waals surface area contributed by atoms with Gasteiger partial charge in [0.1, 0.15) is 0 Å². The van der Waals surface area contributed by atoms with Gasteiger partial charge in [0.05, 0.1) is 0 Å². The highest BCUT2D eigenvalue weighted by Gasteiger charge is 2.10. The molecule has 0 saturated carbocycles. The summed E-state index contributed by atoms with van der Waals surface area (Å²) in [6.45, 7) is 4.58. The van der Waals surface area contributed by atoms with Crippen molar-refractivity contribution in [1.29, 1.82) is 0 Å². The molecular formula is C32H53Br. The van der Waals surface area contributed by atoms with Crippen LogP contribution < -0.4 is 0 Å². The lowest BCUT2D eigenvalue weighted by Gasteiger charge is -2.14. The minimum absolute atomic E-state index is 1.10. The first-order chi connectivity index (χ1) is 16.2. The van der Waals surface area contributed by atoms with Crippen molar-refractivity contribution >= 4 is 15.9 Å². The van der Waals surface area contributed by atoms with Crippen molar-refractivity contribution in [1.82, 2.24) is 0 Å². The summed E-state index contributed by atoms with van der Waals surface area (Å²) in [5.74, 6) is 2.98. The molecule has 0 aliphatic heterocycles. The highest BCUT2D eigenvalue weighted by molar-refractivity contribution is 9.10. The Hall–Kier alpha value is -0.740. The highest BCUT2D eigenvalue weighted by atomic mass is 79.9. The Labute approximate surface area is 216 Å². The quantitative estimate of drug-likeness (QED) is 0.106. The molecule has 0 fully saturated rings. The van der Waals surface area contributed by atoms with E-state index in [9.17, 15) is 0 Å². The fourth-order valence-electron chi connectivity index (χ4n) is 4.93. The highest BCUT2D eigenvalue weighted by Crippen LogP contribution is 2.27. The second-order valence-electron chi connectivity index (χ2n) is 10.1. The van der Waals surface area contributed by atoms with Crippen molar-refractivity contribution in [2.24, 2.45) is 0 Å². The normalized spacial score (nSPS) is 11.1. The van der Waals surface area contributed by atoms with Crippen molar-refractivity contribution in [3.63, 3.8) is 0 Å². The lowest BCUT2D eigenvalue weighted by molar-refractivity contribution is 0.553. The van der Waals surface area contributed by atoms with Gasteiger partial charge in [0.25, 0.3) is 0 Å². The van der Waals surface area contributed by atoms with Gasteiger partial charge in [-0.05, 0) is 58.8 Å². The van der Waals surface area contributed by atoms with Crippen LogP contribution in [0.5, 0.6) is 0 Å². The van der Waals surface area contributed by atoms with E-state index in [-0.39, 0.29) is 0 Å². The van der Waals surface area contributed by atoms with Crippen LogP contribution in [-0.2, 0) is 12.8 Å². The van der Waals surface area contributed by atoms with Gasteiger partial charge in [-0.3, -0.25) is 0 Å². The third-order valence-corrected chi connectivity index (χ3v) is 7.74. The molecule has 33 heavy (non-hydrogen) atoms. The van der Waals surface area contributed by atoms with Crippen LogP contribution in [0.3, 0.4) is 0 Å². The summed E-state index contributed by atoms with van der Waals surface area (Å²) < 4.78 is 1.10. The van der Waals surface area contributed by atoms with E-state index in [1.165, 1.54) is 146 Å². The monoisotopic (exact) mass is 516 g/mol. The van der Waals surface area contributed by atoms with Gasteiger partial charge in [0.2, 0.25) is 0 Å². The Bertz CT molecular complexity index is 624. The fourth-order valence-corrected chi connectivity index (χ4v) is 5.42. The van der Waals surface area contributed by atoms with Crippen LogP contribution in [0.1, 0.15) is 159 Å². The summed E-state index contributed by atoms with van der Waals surface area (Å²) in [6.07, 6.45) is 36.0. The van der Waals surface area contributed by atoms with Crippen LogP contribution in [0.25, 0.3) is 0 Å². The second kappa shape index (κ2) is 21.8. The molecule has 0 saturated heterocycles. The maximum atomic E-state index is 5.91. The first-order valence-corrected chi connectivity index (χ1v) is 15.3. The fraction of sp³-hybridized carbons (Fsp3) is 0.750. The van der Waals surface area contributed by atoms with E-state index in [1.54, 1.807) is 0 Å². The maximum absolute atomic E-state index is 5.91. The van der Waals surface area contributed by atoms with Gasteiger partial charge in [-0.1, -0.05) is 141 Å². The lowest BCUT2D eigenvalue weighted by atomic mass is 9.92. The molecule has 0 atom stereocenters. The number of halogens is 1. The second-order valence-corrected chi connectivity index (χ2v) is 10.9. The number of rotatable bonds is 22. The van der Waals surface area contributed by atoms with Crippen molar-refractivity contribution in [2.75, 3.05) is 0 Å². The van der Waals surface area contributed by atoms with E-state index < -0.39 is 0 Å². The molecule has 0 nitrogen and oxygen atoms in total. The molecule has 1 aromatic carbocycles. The van der Waals surface area contributed by atoms with Crippen LogP contribution in [0.4, 0.5) is 0 Å². The molecule has 1 aromatic rings. The summed E-state index contributed by atoms with van der Waals surface area (Å²) in [5.41, 5.74) is 4.06. The van der Waals surface area contributed by atoms with E-state index in [1.807, 2.05) is 0 Å². The summed E-state index contributed by atoms with van der Waals surface area (Å²) in [7, 11) is 0. The molecule has 0 bridgehead atoms. The zero-order chi connectivity index (χ0) is 24.0. The third-order valence-electron chi connectivity index (χ3n) is 7.08. The summed E-state index contributed by atoms with van der Waals surface area (Å²) in [4.78, 5) is 0. The molecule has 0 heterocycles. The van der Waals surface area contributed by atoms with E-state index in [4.69, 9.17) is 6.42 Å². The predicted octanol–water partition coefficient (Wildman–Crippen LogP) is 11.4. The molecule has 0 unspecified atom stereocenters. The average molecular weight is 518 g/mol. The molecular weight excluding hydrogens is 464 g/mol. The SMILES string of the molecule is C#Cc1c(Br)ccc(CCCCCCCCCCCC)c1CCCCCCCCCCCC. The molecule has 0 amide bonds. The van der Waals surface area contributed by atoms with Gasteiger partial charge < -0.3 is 0 Å². The molecule has 188 valence electrons. The number of benzene rings is 1. The molecule has 0 spiro atoms. The molecule has 0 radical (unpaired) electrons. The van der Waals surface area contributed by atoms with Gasteiger partial charge in [0.15, 0.2) is 0 Å². The number of hydrogen-bond acceptors (Lipinski definition) is 0. The average Bonchev–Trinajstić information content (AvgIpc) is 2.82. The van der Waals surface area contributed by atoms with E-state index in [2.05, 4.69) is 47.8 Å². The Kier molecular flexibility index (Phi) is 20.0. The first-order valence-electron chi connectivity index (χ1n) is 14.5. The minimum Gasteiger partial charge on any atom is -0.115 e. The Balaban J connectivity index is 2.29. The van der Waals surface area contributed by atoms with Gasteiger partial charge in [-0.15, -0.1) is 6.42 Å². The third kappa shape index (κ3) is 15.0. The Morgan fingerprint density at radius 1 is 0.576 bits per heavy atom. The Morgan fingerprint density at radius 2 is 0.970 bits per heavy atom. The molecule has 0 aromatic heterocycles. The Morgan fingerprint density at radius 3 is 1.39 bits per heavy atom. The van der Waals surface area contributed by atoms with E-state index in [0.717, 1.165) is 16.5 Å². The van der Waals surface area contributed by atoms with Crippen LogP contribution in [0, 0.1) is 12.3 Å². The predicted molar refractivity (Wildman–Crippen MR) is 153 cm³/mol. The first kappa shape index (κ1) is 30.3. The largest absolute Gasteiger partial charge is 0.115 e. The van der Waals surface area contributed by atoms with Crippen molar-refractivity contribution in [3.05, 3.63) is 33.3 Å². The van der Waals surface area contributed by atoms with Gasteiger partial charge >= 0.3 is 0 Å². The van der Waals surface area contributed by atoms with Crippen LogP contribution in [0.15, 0.2) is 16.6 Å². The van der Waals surface area contributed by atoms with Crippen LogP contribution in [-0.4, -0.2) is 0 Å².